The van der Waals surface area contributed by atoms with E-state index in [-0.39, 0.29) is 17.7 Å². The minimum Gasteiger partial charge on any atom is -0.323 e. The van der Waals surface area contributed by atoms with E-state index in [1.165, 1.54) is 0 Å². The van der Waals surface area contributed by atoms with Gasteiger partial charge in [0.25, 0.3) is 0 Å². The minimum atomic E-state index is -0.0897. The number of aryl methyl sites for hydroxylation is 2. The Hall–Kier alpha value is -2.15. The van der Waals surface area contributed by atoms with Crippen LogP contribution < -0.4 is 10.6 Å². The fraction of sp³-hybridized carbons (Fsp3) is 0.500. The quantitative estimate of drug-likeness (QED) is 0.857. The summed E-state index contributed by atoms with van der Waals surface area (Å²) in [5.41, 5.74) is 2.99. The average Bonchev–Trinajstić information content (AvgIpc) is 3.13. The number of hydrogen-bond donors (Lipinski definition) is 2. The van der Waals surface area contributed by atoms with Crippen molar-refractivity contribution in [3.63, 3.8) is 0 Å². The summed E-state index contributed by atoms with van der Waals surface area (Å²) < 4.78 is 3.52. The molecule has 112 valence electrons. The molecule has 3 heterocycles. The van der Waals surface area contributed by atoms with Crippen LogP contribution in [0.25, 0.3) is 0 Å². The average molecular weight is 288 g/mol. The molecule has 7 nitrogen and oxygen atoms in total. The first kappa shape index (κ1) is 13.8. The summed E-state index contributed by atoms with van der Waals surface area (Å²) in [5.74, 6) is 0.102. The number of hydrogen-bond acceptors (Lipinski definition) is 4. The highest BCUT2D eigenvalue weighted by Gasteiger charge is 2.35. The van der Waals surface area contributed by atoms with Gasteiger partial charge in [-0.1, -0.05) is 0 Å². The molecule has 0 bridgehead atoms. The zero-order valence-corrected chi connectivity index (χ0v) is 12.5. The predicted octanol–water partition coefficient (Wildman–Crippen LogP) is 0.404. The Labute approximate surface area is 123 Å². The number of amides is 1. The molecular weight excluding hydrogens is 268 g/mol. The normalized spacial score (nSPS) is 21.7. The number of anilines is 1. The summed E-state index contributed by atoms with van der Waals surface area (Å²) in [6.07, 6.45) is 5.33. The molecular formula is C14H20N6O. The van der Waals surface area contributed by atoms with Gasteiger partial charge in [-0.25, -0.2) is 0 Å². The van der Waals surface area contributed by atoms with Gasteiger partial charge in [0.1, 0.15) is 0 Å². The Morgan fingerprint density at radius 1 is 1.33 bits per heavy atom. The number of rotatable bonds is 3. The van der Waals surface area contributed by atoms with Crippen LogP contribution in [-0.2, 0) is 18.9 Å². The SMILES string of the molecule is Cc1c([C@H]2CNC[C@@H]2C(=O)Nc2cnn(C)c2)cnn1C. The van der Waals surface area contributed by atoms with Gasteiger partial charge in [0, 0.05) is 45.0 Å². The van der Waals surface area contributed by atoms with Crippen LogP contribution in [0.2, 0.25) is 0 Å². The third-order valence-corrected chi connectivity index (χ3v) is 4.20. The lowest BCUT2D eigenvalue weighted by atomic mass is 9.88. The van der Waals surface area contributed by atoms with Crippen molar-refractivity contribution >= 4 is 11.6 Å². The smallest absolute Gasteiger partial charge is 0.229 e. The van der Waals surface area contributed by atoms with Gasteiger partial charge in [0.2, 0.25) is 5.91 Å². The van der Waals surface area contributed by atoms with Crippen LogP contribution in [0.3, 0.4) is 0 Å². The lowest BCUT2D eigenvalue weighted by molar-refractivity contribution is -0.119. The summed E-state index contributed by atoms with van der Waals surface area (Å²) >= 11 is 0. The van der Waals surface area contributed by atoms with Crippen molar-refractivity contribution in [3.8, 4) is 0 Å². The Bertz CT molecular complexity index is 658. The van der Waals surface area contributed by atoms with E-state index in [0.717, 1.165) is 23.5 Å². The third-order valence-electron chi connectivity index (χ3n) is 4.20. The molecule has 0 aromatic carbocycles. The van der Waals surface area contributed by atoms with E-state index in [0.29, 0.717) is 6.54 Å². The van der Waals surface area contributed by atoms with Crippen molar-refractivity contribution in [1.29, 1.82) is 0 Å². The maximum absolute atomic E-state index is 12.5. The highest BCUT2D eigenvalue weighted by atomic mass is 16.2. The summed E-state index contributed by atoms with van der Waals surface area (Å²) in [6.45, 7) is 3.53. The van der Waals surface area contributed by atoms with Gasteiger partial charge >= 0.3 is 0 Å². The van der Waals surface area contributed by atoms with Crippen molar-refractivity contribution in [2.75, 3.05) is 18.4 Å². The maximum atomic E-state index is 12.5. The van der Waals surface area contributed by atoms with Gasteiger partial charge in [-0.3, -0.25) is 14.2 Å². The molecule has 0 spiro atoms. The Kier molecular flexibility index (Phi) is 3.50. The fourth-order valence-electron chi connectivity index (χ4n) is 2.88. The zero-order chi connectivity index (χ0) is 15.0. The van der Waals surface area contributed by atoms with Crippen molar-refractivity contribution in [2.45, 2.75) is 12.8 Å². The molecule has 3 rings (SSSR count). The predicted molar refractivity (Wildman–Crippen MR) is 78.9 cm³/mol. The molecule has 7 heteroatoms. The van der Waals surface area contributed by atoms with Gasteiger partial charge < -0.3 is 10.6 Å². The summed E-state index contributed by atoms with van der Waals surface area (Å²) in [5, 5.41) is 14.6. The number of nitrogens with one attached hydrogen (secondary N) is 2. The second kappa shape index (κ2) is 5.33. The van der Waals surface area contributed by atoms with E-state index >= 15 is 0 Å². The Balaban J connectivity index is 1.77. The van der Waals surface area contributed by atoms with Crippen molar-refractivity contribution in [1.82, 2.24) is 24.9 Å². The third kappa shape index (κ3) is 2.56. The zero-order valence-electron chi connectivity index (χ0n) is 12.5. The maximum Gasteiger partial charge on any atom is 0.229 e. The molecule has 2 aromatic heterocycles. The van der Waals surface area contributed by atoms with E-state index in [9.17, 15) is 4.79 Å². The number of carbonyl (C=O) groups is 1. The second-order valence-corrected chi connectivity index (χ2v) is 5.57. The lowest BCUT2D eigenvalue weighted by Gasteiger charge is -2.17. The summed E-state index contributed by atoms with van der Waals surface area (Å²) in [6, 6.07) is 0. The van der Waals surface area contributed by atoms with E-state index in [4.69, 9.17) is 0 Å². The fourth-order valence-corrected chi connectivity index (χ4v) is 2.88. The van der Waals surface area contributed by atoms with Crippen LogP contribution in [-0.4, -0.2) is 38.6 Å². The molecule has 1 fully saturated rings. The molecule has 2 atom stereocenters. The van der Waals surface area contributed by atoms with Gasteiger partial charge in [0.15, 0.2) is 0 Å². The van der Waals surface area contributed by atoms with Crippen molar-refractivity contribution in [2.24, 2.45) is 20.0 Å². The topological polar surface area (TPSA) is 76.8 Å². The van der Waals surface area contributed by atoms with Gasteiger partial charge in [-0.05, 0) is 12.5 Å². The van der Waals surface area contributed by atoms with E-state index < -0.39 is 0 Å². The highest BCUT2D eigenvalue weighted by molar-refractivity contribution is 5.93. The minimum absolute atomic E-state index is 0.0289. The highest BCUT2D eigenvalue weighted by Crippen LogP contribution is 2.30. The van der Waals surface area contributed by atoms with Crippen LogP contribution >= 0.6 is 0 Å². The molecule has 1 amide bonds. The van der Waals surface area contributed by atoms with Crippen molar-refractivity contribution in [3.05, 3.63) is 29.8 Å². The first-order valence-electron chi connectivity index (χ1n) is 7.05. The number of aromatic nitrogens is 4. The standard InChI is InChI=1S/C14H20N6O/c1-9-11(7-17-20(9)3)12-5-15-6-13(12)14(21)18-10-4-16-19(2)8-10/h4,7-8,12-13,15H,5-6H2,1-3H3,(H,18,21)/t12-,13+/m1/s1. The van der Waals surface area contributed by atoms with Crippen LogP contribution in [0.1, 0.15) is 17.2 Å². The van der Waals surface area contributed by atoms with E-state index in [2.05, 4.69) is 20.8 Å². The summed E-state index contributed by atoms with van der Waals surface area (Å²) in [7, 11) is 3.75. The van der Waals surface area contributed by atoms with Crippen LogP contribution in [0.5, 0.6) is 0 Å². The Morgan fingerprint density at radius 3 is 2.76 bits per heavy atom. The number of nitrogens with zero attached hydrogens (tertiary/aromatic N) is 4. The van der Waals surface area contributed by atoms with E-state index in [1.807, 2.05) is 31.9 Å². The van der Waals surface area contributed by atoms with Crippen LogP contribution in [0.15, 0.2) is 18.6 Å². The molecule has 21 heavy (non-hydrogen) atoms. The Morgan fingerprint density at radius 2 is 2.14 bits per heavy atom. The molecule has 1 aliphatic heterocycles. The van der Waals surface area contributed by atoms with Crippen LogP contribution in [0.4, 0.5) is 5.69 Å². The van der Waals surface area contributed by atoms with E-state index in [1.54, 1.807) is 17.1 Å². The molecule has 0 unspecified atom stereocenters. The molecule has 1 saturated heterocycles. The first-order valence-corrected chi connectivity index (χ1v) is 7.05. The monoisotopic (exact) mass is 288 g/mol. The van der Waals surface area contributed by atoms with Crippen molar-refractivity contribution < 1.29 is 4.79 Å². The van der Waals surface area contributed by atoms with Gasteiger partial charge in [0.05, 0.1) is 24.0 Å². The summed E-state index contributed by atoms with van der Waals surface area (Å²) in [4.78, 5) is 12.5. The molecule has 0 saturated carbocycles. The molecule has 0 aliphatic carbocycles. The molecule has 2 N–H and O–H groups in total. The number of carbonyl (C=O) groups excluding carboxylic acids is 1. The molecule has 0 radical (unpaired) electrons. The van der Waals surface area contributed by atoms with Gasteiger partial charge in [-0.2, -0.15) is 10.2 Å². The second-order valence-electron chi connectivity index (χ2n) is 5.57. The molecule has 1 aliphatic rings. The first-order chi connectivity index (χ1) is 10.1. The molecule has 2 aromatic rings. The van der Waals surface area contributed by atoms with Crippen LogP contribution in [0, 0.1) is 12.8 Å². The van der Waals surface area contributed by atoms with Gasteiger partial charge in [-0.15, -0.1) is 0 Å². The largest absolute Gasteiger partial charge is 0.323 e. The lowest BCUT2D eigenvalue weighted by Crippen LogP contribution is -2.28.